The molecule has 144 valence electrons. The van der Waals surface area contributed by atoms with Gasteiger partial charge in [0.25, 0.3) is 0 Å². The monoisotopic (exact) mass is 368 g/mol. The number of rotatable bonds is 9. The summed E-state index contributed by atoms with van der Waals surface area (Å²) in [5.41, 5.74) is 5.28. The van der Waals surface area contributed by atoms with E-state index in [4.69, 9.17) is 14.7 Å². The van der Waals surface area contributed by atoms with E-state index >= 15 is 0 Å². The predicted octanol–water partition coefficient (Wildman–Crippen LogP) is 4.16. The van der Waals surface area contributed by atoms with Crippen molar-refractivity contribution in [3.8, 4) is 0 Å². The smallest absolute Gasteiger partial charge is 0.117 e. The molecule has 0 amide bonds. The van der Waals surface area contributed by atoms with Crippen molar-refractivity contribution < 1.29 is 9.68 Å². The Hall–Kier alpha value is -2.76. The van der Waals surface area contributed by atoms with Crippen LogP contribution in [0.15, 0.2) is 46.7 Å². The average Bonchev–Trinajstić information content (AvgIpc) is 2.65. The summed E-state index contributed by atoms with van der Waals surface area (Å²) >= 11 is 0. The third-order valence-electron chi connectivity index (χ3n) is 3.93. The van der Waals surface area contributed by atoms with Gasteiger partial charge in [-0.15, -0.1) is 0 Å². The van der Waals surface area contributed by atoms with Gasteiger partial charge in [-0.2, -0.15) is 0 Å². The molecule has 0 bridgehead atoms. The standard InChI is InChI=1S/C21H28N4O2/c1-15(2)21(25-26-5)20-13-7-10-18(23-20)11-8-14-27-24-17(4)19-12-6-9-16(3)22-19/h6-7,9-10,12-13,15H,8,11,14H2,1-5H3/b24-17+,25-21+. The molecule has 0 saturated carbocycles. The second-order valence-electron chi connectivity index (χ2n) is 6.61. The van der Waals surface area contributed by atoms with E-state index in [9.17, 15) is 0 Å². The maximum atomic E-state index is 5.44. The van der Waals surface area contributed by atoms with Crippen molar-refractivity contribution in [3.63, 3.8) is 0 Å². The zero-order valence-electron chi connectivity index (χ0n) is 16.8. The molecule has 0 aliphatic carbocycles. The molecule has 27 heavy (non-hydrogen) atoms. The van der Waals surface area contributed by atoms with Crippen LogP contribution >= 0.6 is 0 Å². The number of aryl methyl sites for hydroxylation is 2. The van der Waals surface area contributed by atoms with Crippen molar-refractivity contribution in [3.05, 3.63) is 59.2 Å². The fourth-order valence-corrected chi connectivity index (χ4v) is 2.56. The van der Waals surface area contributed by atoms with Gasteiger partial charge < -0.3 is 9.68 Å². The number of hydrogen-bond acceptors (Lipinski definition) is 6. The van der Waals surface area contributed by atoms with Crippen LogP contribution < -0.4 is 0 Å². The normalized spacial score (nSPS) is 12.4. The summed E-state index contributed by atoms with van der Waals surface area (Å²) in [6.07, 6.45) is 1.64. The van der Waals surface area contributed by atoms with Gasteiger partial charge in [-0.05, 0) is 51.0 Å². The molecular formula is C21H28N4O2. The van der Waals surface area contributed by atoms with Crippen molar-refractivity contribution >= 4 is 11.4 Å². The Labute approximate surface area is 161 Å². The van der Waals surface area contributed by atoms with Crippen LogP contribution in [-0.4, -0.2) is 35.1 Å². The summed E-state index contributed by atoms with van der Waals surface area (Å²) in [6, 6.07) is 11.8. The third kappa shape index (κ3) is 6.47. The van der Waals surface area contributed by atoms with Crippen LogP contribution in [0.4, 0.5) is 0 Å². The number of hydrogen-bond donors (Lipinski definition) is 0. The lowest BCUT2D eigenvalue weighted by Crippen LogP contribution is -2.13. The average molecular weight is 368 g/mol. The highest BCUT2D eigenvalue weighted by atomic mass is 16.6. The van der Waals surface area contributed by atoms with Crippen LogP contribution in [0.25, 0.3) is 0 Å². The van der Waals surface area contributed by atoms with Crippen molar-refractivity contribution in [2.45, 2.75) is 40.5 Å². The Morgan fingerprint density at radius 1 is 1.04 bits per heavy atom. The van der Waals surface area contributed by atoms with Crippen LogP contribution in [0.3, 0.4) is 0 Å². The lowest BCUT2D eigenvalue weighted by atomic mass is 10.0. The quantitative estimate of drug-likeness (QED) is 0.378. The fraction of sp³-hybridized carbons (Fsp3) is 0.429. The first-order valence-corrected chi connectivity index (χ1v) is 9.19. The molecule has 0 fully saturated rings. The Bertz CT molecular complexity index is 800. The van der Waals surface area contributed by atoms with Crippen molar-refractivity contribution in [1.82, 2.24) is 9.97 Å². The number of oxime groups is 2. The predicted molar refractivity (Wildman–Crippen MR) is 108 cm³/mol. The maximum Gasteiger partial charge on any atom is 0.117 e. The minimum Gasteiger partial charge on any atom is -0.399 e. The van der Waals surface area contributed by atoms with E-state index in [1.54, 1.807) is 7.11 Å². The minimum atomic E-state index is 0.239. The molecule has 2 aromatic heterocycles. The largest absolute Gasteiger partial charge is 0.399 e. The van der Waals surface area contributed by atoms with Gasteiger partial charge in [0, 0.05) is 17.3 Å². The molecule has 0 aliphatic rings. The molecular weight excluding hydrogens is 340 g/mol. The molecule has 0 saturated heterocycles. The van der Waals surface area contributed by atoms with Gasteiger partial charge in [0.2, 0.25) is 0 Å². The fourth-order valence-electron chi connectivity index (χ4n) is 2.56. The molecule has 2 aromatic rings. The molecule has 6 heteroatoms. The second kappa shape index (κ2) is 10.4. The van der Waals surface area contributed by atoms with Gasteiger partial charge >= 0.3 is 0 Å². The molecule has 0 spiro atoms. The van der Waals surface area contributed by atoms with Crippen molar-refractivity contribution in [2.24, 2.45) is 16.2 Å². The Kier molecular flexibility index (Phi) is 7.92. The van der Waals surface area contributed by atoms with Gasteiger partial charge in [-0.25, -0.2) is 0 Å². The molecule has 2 heterocycles. The first kappa shape index (κ1) is 20.6. The molecule has 0 N–H and O–H groups in total. The maximum absolute atomic E-state index is 5.44. The van der Waals surface area contributed by atoms with Crippen LogP contribution in [0.2, 0.25) is 0 Å². The number of nitrogens with zero attached hydrogens (tertiary/aromatic N) is 4. The van der Waals surface area contributed by atoms with E-state index in [2.05, 4.69) is 29.1 Å². The molecule has 0 aromatic carbocycles. The summed E-state index contributed by atoms with van der Waals surface area (Å²) in [4.78, 5) is 19.5. The molecule has 6 nitrogen and oxygen atoms in total. The van der Waals surface area contributed by atoms with Gasteiger partial charge in [-0.3, -0.25) is 9.97 Å². The molecule has 0 radical (unpaired) electrons. The van der Waals surface area contributed by atoms with Crippen molar-refractivity contribution in [1.29, 1.82) is 0 Å². The van der Waals surface area contributed by atoms with E-state index in [1.165, 1.54) is 0 Å². The van der Waals surface area contributed by atoms with Gasteiger partial charge in [0.05, 0.1) is 11.4 Å². The second-order valence-corrected chi connectivity index (χ2v) is 6.61. The number of aromatic nitrogens is 2. The van der Waals surface area contributed by atoms with E-state index < -0.39 is 0 Å². The first-order valence-electron chi connectivity index (χ1n) is 9.19. The Morgan fingerprint density at radius 2 is 1.78 bits per heavy atom. The van der Waals surface area contributed by atoms with Gasteiger partial charge in [0.15, 0.2) is 0 Å². The highest BCUT2D eigenvalue weighted by Crippen LogP contribution is 2.10. The van der Waals surface area contributed by atoms with E-state index in [0.717, 1.165) is 47.0 Å². The van der Waals surface area contributed by atoms with Gasteiger partial charge in [0.1, 0.15) is 25.1 Å². The highest BCUT2D eigenvalue weighted by Gasteiger charge is 2.11. The zero-order chi connectivity index (χ0) is 19.6. The number of pyridine rings is 2. The van der Waals surface area contributed by atoms with E-state index in [-0.39, 0.29) is 5.92 Å². The zero-order valence-corrected chi connectivity index (χ0v) is 16.8. The van der Waals surface area contributed by atoms with Crippen LogP contribution in [0, 0.1) is 12.8 Å². The summed E-state index contributed by atoms with van der Waals surface area (Å²) in [7, 11) is 1.55. The lowest BCUT2D eigenvalue weighted by molar-refractivity contribution is 0.141. The molecule has 0 unspecified atom stereocenters. The Morgan fingerprint density at radius 3 is 2.48 bits per heavy atom. The summed E-state index contributed by atoms with van der Waals surface area (Å²) in [5.74, 6) is 0.239. The SMILES string of the molecule is CO/N=C(/c1cccc(CCCO/N=C(\C)c2cccc(C)n2)n1)C(C)C. The highest BCUT2D eigenvalue weighted by molar-refractivity contribution is 5.99. The first-order chi connectivity index (χ1) is 13.0. The van der Waals surface area contributed by atoms with Crippen molar-refractivity contribution in [2.75, 3.05) is 13.7 Å². The molecule has 0 aliphatic heterocycles. The Balaban J connectivity index is 1.88. The topological polar surface area (TPSA) is 69.0 Å². The third-order valence-corrected chi connectivity index (χ3v) is 3.93. The van der Waals surface area contributed by atoms with E-state index in [1.807, 2.05) is 50.2 Å². The lowest BCUT2D eigenvalue weighted by Gasteiger charge is -2.10. The molecule has 2 rings (SSSR count). The summed E-state index contributed by atoms with van der Waals surface area (Å²) in [6.45, 7) is 8.53. The van der Waals surface area contributed by atoms with Crippen LogP contribution in [0.1, 0.15) is 50.0 Å². The van der Waals surface area contributed by atoms with Crippen LogP contribution in [-0.2, 0) is 16.1 Å². The minimum absolute atomic E-state index is 0.239. The summed E-state index contributed by atoms with van der Waals surface area (Å²) < 4.78 is 0. The van der Waals surface area contributed by atoms with Crippen LogP contribution in [0.5, 0.6) is 0 Å². The van der Waals surface area contributed by atoms with Gasteiger partial charge in [-0.1, -0.05) is 36.3 Å². The van der Waals surface area contributed by atoms with E-state index in [0.29, 0.717) is 6.61 Å². The summed E-state index contributed by atoms with van der Waals surface area (Å²) in [5, 5.41) is 8.26. The molecule has 0 atom stereocenters.